The number of hydrogen-bond donors (Lipinski definition) is 1. The van der Waals surface area contributed by atoms with Gasteiger partial charge in [0.05, 0.1) is 0 Å². The van der Waals surface area contributed by atoms with Crippen LogP contribution in [0.4, 0.5) is 0 Å². The molecular formula is C18H26N2O. The molecule has 1 atom stereocenters. The van der Waals surface area contributed by atoms with Gasteiger partial charge in [0.25, 0.3) is 0 Å². The van der Waals surface area contributed by atoms with Gasteiger partial charge in [-0.1, -0.05) is 30.5 Å². The zero-order valence-electron chi connectivity index (χ0n) is 13.0. The van der Waals surface area contributed by atoms with Gasteiger partial charge in [-0.3, -0.25) is 0 Å². The molecule has 3 nitrogen and oxygen atoms in total. The van der Waals surface area contributed by atoms with Crippen molar-refractivity contribution in [1.82, 2.24) is 10.2 Å². The van der Waals surface area contributed by atoms with E-state index in [2.05, 4.69) is 29.1 Å². The van der Waals surface area contributed by atoms with Crippen molar-refractivity contribution in [1.29, 1.82) is 0 Å². The molecule has 3 heteroatoms. The first kappa shape index (κ1) is 15.9. The van der Waals surface area contributed by atoms with E-state index in [9.17, 15) is 0 Å². The minimum absolute atomic E-state index is 0.320. The van der Waals surface area contributed by atoms with Crippen molar-refractivity contribution in [2.75, 3.05) is 26.2 Å². The predicted molar refractivity (Wildman–Crippen MR) is 87.4 cm³/mol. The summed E-state index contributed by atoms with van der Waals surface area (Å²) in [4.78, 5) is 2.56. The zero-order chi connectivity index (χ0) is 14.9. The largest absolute Gasteiger partial charge is 0.481 e. The van der Waals surface area contributed by atoms with Crippen molar-refractivity contribution in [3.05, 3.63) is 29.8 Å². The minimum atomic E-state index is 0.320. The molecule has 1 aromatic carbocycles. The quantitative estimate of drug-likeness (QED) is 0.780. The first-order valence-electron chi connectivity index (χ1n) is 7.89. The minimum Gasteiger partial charge on any atom is -0.481 e. The van der Waals surface area contributed by atoms with E-state index in [-0.39, 0.29) is 0 Å². The van der Waals surface area contributed by atoms with Crippen molar-refractivity contribution in [3.8, 4) is 18.1 Å². The van der Waals surface area contributed by atoms with E-state index in [0.29, 0.717) is 12.6 Å². The first-order valence-corrected chi connectivity index (χ1v) is 7.89. The molecule has 1 aliphatic rings. The van der Waals surface area contributed by atoms with E-state index >= 15 is 0 Å². The molecule has 1 aliphatic heterocycles. The van der Waals surface area contributed by atoms with Crippen LogP contribution in [0.2, 0.25) is 0 Å². The third kappa shape index (κ3) is 5.41. The average molecular weight is 286 g/mol. The number of para-hydroxylation sites is 1. The van der Waals surface area contributed by atoms with Gasteiger partial charge in [0.1, 0.15) is 12.4 Å². The van der Waals surface area contributed by atoms with Crippen molar-refractivity contribution >= 4 is 0 Å². The van der Waals surface area contributed by atoms with Crippen LogP contribution in [0.25, 0.3) is 0 Å². The van der Waals surface area contributed by atoms with Gasteiger partial charge in [-0.15, -0.1) is 6.42 Å². The SMILES string of the molecule is C#CCOc1ccccc1CNC(C)CN1CCCCC1. The standard InChI is InChI=1S/C18H26N2O/c1-3-13-21-18-10-6-5-9-17(18)14-19-16(2)15-20-11-7-4-8-12-20/h1,5-6,9-10,16,19H,4,7-8,11-15H2,2H3. The first-order chi connectivity index (χ1) is 10.3. The lowest BCUT2D eigenvalue weighted by Gasteiger charge is -2.29. The van der Waals surface area contributed by atoms with Crippen molar-refractivity contribution in [2.45, 2.75) is 38.8 Å². The molecule has 0 aromatic heterocycles. The number of likely N-dealkylation sites (tertiary alicyclic amines) is 1. The molecule has 1 saturated heterocycles. The molecule has 0 amide bonds. The van der Waals surface area contributed by atoms with E-state index in [1.165, 1.54) is 37.9 Å². The van der Waals surface area contributed by atoms with E-state index in [1.807, 2.05) is 18.2 Å². The molecule has 2 rings (SSSR count). The predicted octanol–water partition coefficient (Wildman–Crippen LogP) is 2.66. The summed E-state index contributed by atoms with van der Waals surface area (Å²) >= 11 is 0. The maximum Gasteiger partial charge on any atom is 0.148 e. The number of hydrogen-bond acceptors (Lipinski definition) is 3. The summed E-state index contributed by atoms with van der Waals surface area (Å²) in [7, 11) is 0. The van der Waals surface area contributed by atoms with E-state index in [4.69, 9.17) is 11.2 Å². The van der Waals surface area contributed by atoms with Crippen LogP contribution in [0.5, 0.6) is 5.75 Å². The molecule has 1 N–H and O–H groups in total. The summed E-state index contributed by atoms with van der Waals surface area (Å²) in [6.07, 6.45) is 9.33. The van der Waals surface area contributed by atoms with Crippen LogP contribution < -0.4 is 10.1 Å². The highest BCUT2D eigenvalue weighted by molar-refractivity contribution is 5.33. The second-order valence-corrected chi connectivity index (χ2v) is 5.74. The van der Waals surface area contributed by atoms with Crippen molar-refractivity contribution in [3.63, 3.8) is 0 Å². The van der Waals surface area contributed by atoms with Crippen LogP contribution >= 0.6 is 0 Å². The molecule has 0 saturated carbocycles. The molecule has 1 aromatic rings. The number of nitrogens with zero attached hydrogens (tertiary/aromatic N) is 1. The van der Waals surface area contributed by atoms with Gasteiger partial charge in [0.15, 0.2) is 0 Å². The highest BCUT2D eigenvalue weighted by atomic mass is 16.5. The summed E-state index contributed by atoms with van der Waals surface area (Å²) < 4.78 is 5.58. The van der Waals surface area contributed by atoms with E-state index in [1.54, 1.807) is 0 Å². The number of benzene rings is 1. The Kier molecular flexibility index (Phi) is 6.59. The fourth-order valence-corrected chi connectivity index (χ4v) is 2.79. The van der Waals surface area contributed by atoms with Crippen molar-refractivity contribution in [2.24, 2.45) is 0 Å². The highest BCUT2D eigenvalue weighted by Crippen LogP contribution is 2.17. The Hall–Kier alpha value is -1.50. The fourth-order valence-electron chi connectivity index (χ4n) is 2.79. The highest BCUT2D eigenvalue weighted by Gasteiger charge is 2.13. The second kappa shape index (κ2) is 8.71. The topological polar surface area (TPSA) is 24.5 Å². The number of nitrogens with one attached hydrogen (secondary N) is 1. The smallest absolute Gasteiger partial charge is 0.148 e. The molecule has 1 fully saturated rings. The Balaban J connectivity index is 1.80. The third-order valence-corrected chi connectivity index (χ3v) is 3.91. The zero-order valence-corrected chi connectivity index (χ0v) is 13.0. The summed E-state index contributed by atoms with van der Waals surface area (Å²) in [5.74, 6) is 3.40. The molecule has 1 unspecified atom stereocenters. The monoisotopic (exact) mass is 286 g/mol. The lowest BCUT2D eigenvalue weighted by atomic mass is 10.1. The van der Waals surface area contributed by atoms with Crippen LogP contribution in [0, 0.1) is 12.3 Å². The number of piperidine rings is 1. The van der Waals surface area contributed by atoms with Crippen LogP contribution in [0.15, 0.2) is 24.3 Å². The van der Waals surface area contributed by atoms with Crippen LogP contribution in [0.3, 0.4) is 0 Å². The summed E-state index contributed by atoms with van der Waals surface area (Å²) in [6.45, 7) is 6.99. The van der Waals surface area contributed by atoms with Gasteiger partial charge < -0.3 is 15.0 Å². The van der Waals surface area contributed by atoms with Gasteiger partial charge in [0.2, 0.25) is 0 Å². The normalized spacial score (nSPS) is 17.1. The lowest BCUT2D eigenvalue weighted by molar-refractivity contribution is 0.208. The molecule has 0 spiro atoms. The van der Waals surface area contributed by atoms with Crippen LogP contribution in [0.1, 0.15) is 31.7 Å². The van der Waals surface area contributed by atoms with Crippen LogP contribution in [-0.2, 0) is 6.54 Å². The second-order valence-electron chi connectivity index (χ2n) is 5.74. The van der Waals surface area contributed by atoms with Gasteiger partial charge in [0, 0.05) is 24.7 Å². The maximum absolute atomic E-state index is 5.58. The Morgan fingerprint density at radius 1 is 1.29 bits per heavy atom. The third-order valence-electron chi connectivity index (χ3n) is 3.91. The molecule has 21 heavy (non-hydrogen) atoms. The van der Waals surface area contributed by atoms with Crippen molar-refractivity contribution < 1.29 is 4.74 Å². The molecule has 0 aliphatic carbocycles. The molecule has 1 heterocycles. The Morgan fingerprint density at radius 2 is 2.05 bits per heavy atom. The Bertz CT molecular complexity index is 461. The van der Waals surface area contributed by atoms with Gasteiger partial charge in [-0.2, -0.15) is 0 Å². The molecular weight excluding hydrogens is 260 g/mol. The van der Waals surface area contributed by atoms with Crippen LogP contribution in [-0.4, -0.2) is 37.2 Å². The molecule has 0 bridgehead atoms. The number of rotatable bonds is 7. The molecule has 114 valence electrons. The van der Waals surface area contributed by atoms with E-state index in [0.717, 1.165) is 18.8 Å². The summed E-state index contributed by atoms with van der Waals surface area (Å²) in [5.41, 5.74) is 1.17. The van der Waals surface area contributed by atoms with Gasteiger partial charge in [-0.25, -0.2) is 0 Å². The number of terminal acetylenes is 1. The van der Waals surface area contributed by atoms with Gasteiger partial charge in [-0.05, 0) is 38.9 Å². The maximum atomic E-state index is 5.58. The van der Waals surface area contributed by atoms with Gasteiger partial charge >= 0.3 is 0 Å². The molecule has 0 radical (unpaired) electrons. The fraction of sp³-hybridized carbons (Fsp3) is 0.556. The Labute approximate surface area is 128 Å². The Morgan fingerprint density at radius 3 is 2.81 bits per heavy atom. The lowest BCUT2D eigenvalue weighted by Crippen LogP contribution is -2.41. The average Bonchev–Trinajstić information content (AvgIpc) is 2.52. The summed E-state index contributed by atoms with van der Waals surface area (Å²) in [5, 5.41) is 3.59. The summed E-state index contributed by atoms with van der Waals surface area (Å²) in [6, 6.07) is 8.56. The van der Waals surface area contributed by atoms with E-state index < -0.39 is 0 Å². The number of ether oxygens (including phenoxy) is 1.